The van der Waals surface area contributed by atoms with Crippen molar-refractivity contribution in [2.75, 3.05) is 6.54 Å². The maximum atomic E-state index is 12.8. The fourth-order valence-electron chi connectivity index (χ4n) is 0.882. The van der Waals surface area contributed by atoms with Gasteiger partial charge in [0.2, 0.25) is 0 Å². The second kappa shape index (κ2) is 3.58. The van der Waals surface area contributed by atoms with Crippen molar-refractivity contribution < 1.29 is 13.2 Å². The lowest BCUT2D eigenvalue weighted by Crippen LogP contribution is -2.09. The molecule has 4 heteroatoms. The summed E-state index contributed by atoms with van der Waals surface area (Å²) in [5, 5.41) is 0. The van der Waals surface area contributed by atoms with Crippen LogP contribution in [0.2, 0.25) is 0 Å². The van der Waals surface area contributed by atoms with Crippen LogP contribution in [-0.4, -0.2) is 6.54 Å². The zero-order chi connectivity index (χ0) is 9.14. The molecule has 0 fully saturated rings. The smallest absolute Gasteiger partial charge is 0.140 e. The van der Waals surface area contributed by atoms with Crippen molar-refractivity contribution in [1.29, 1.82) is 0 Å². The zero-order valence-corrected chi connectivity index (χ0v) is 6.23. The Morgan fingerprint density at radius 2 is 2.00 bits per heavy atom. The van der Waals surface area contributed by atoms with Crippen molar-refractivity contribution in [1.82, 2.24) is 0 Å². The number of hydrogen-bond acceptors (Lipinski definition) is 1. The van der Waals surface area contributed by atoms with E-state index in [0.717, 1.165) is 18.2 Å². The molecule has 1 unspecified atom stereocenters. The Balaban J connectivity index is 3.04. The van der Waals surface area contributed by atoms with Gasteiger partial charge in [0.25, 0.3) is 0 Å². The molecule has 1 aromatic rings. The molecule has 0 aliphatic rings. The molecular formula is C8H8F3N. The number of halogens is 3. The molecule has 0 spiro atoms. The highest BCUT2D eigenvalue weighted by Gasteiger charge is 2.13. The second-order valence-corrected chi connectivity index (χ2v) is 2.37. The molecule has 1 nitrogen and oxygen atoms in total. The highest BCUT2D eigenvalue weighted by atomic mass is 19.1. The maximum absolute atomic E-state index is 12.8. The van der Waals surface area contributed by atoms with Gasteiger partial charge in [-0.1, -0.05) is 0 Å². The van der Waals surface area contributed by atoms with Gasteiger partial charge in [-0.2, -0.15) is 0 Å². The van der Waals surface area contributed by atoms with Crippen LogP contribution in [0.3, 0.4) is 0 Å². The number of nitrogens with two attached hydrogens (primary N) is 1. The fraction of sp³-hybridized carbons (Fsp3) is 0.250. The molecule has 0 bridgehead atoms. The highest BCUT2D eigenvalue weighted by Crippen LogP contribution is 2.20. The lowest BCUT2D eigenvalue weighted by molar-refractivity contribution is 0.340. The molecule has 0 saturated heterocycles. The van der Waals surface area contributed by atoms with Gasteiger partial charge in [-0.3, -0.25) is 0 Å². The minimum Gasteiger partial charge on any atom is -0.327 e. The van der Waals surface area contributed by atoms with Gasteiger partial charge < -0.3 is 5.73 Å². The summed E-state index contributed by atoms with van der Waals surface area (Å²) in [4.78, 5) is 0. The van der Waals surface area contributed by atoms with Crippen LogP contribution in [0.5, 0.6) is 0 Å². The van der Waals surface area contributed by atoms with Gasteiger partial charge in [0.1, 0.15) is 17.8 Å². The minimum atomic E-state index is -1.64. The van der Waals surface area contributed by atoms with Crippen molar-refractivity contribution >= 4 is 0 Å². The van der Waals surface area contributed by atoms with Gasteiger partial charge in [-0.15, -0.1) is 0 Å². The maximum Gasteiger partial charge on any atom is 0.140 e. The van der Waals surface area contributed by atoms with Gasteiger partial charge in [-0.05, 0) is 18.2 Å². The molecule has 0 radical (unpaired) electrons. The Hall–Kier alpha value is -1.03. The first kappa shape index (κ1) is 9.06. The molecule has 1 atom stereocenters. The normalized spacial score (nSPS) is 13.0. The minimum absolute atomic E-state index is 0.322. The van der Waals surface area contributed by atoms with Crippen molar-refractivity contribution in [3.63, 3.8) is 0 Å². The van der Waals surface area contributed by atoms with E-state index in [-0.39, 0.29) is 12.1 Å². The monoisotopic (exact) mass is 175 g/mol. The van der Waals surface area contributed by atoms with Crippen molar-refractivity contribution in [3.05, 3.63) is 35.4 Å². The lowest BCUT2D eigenvalue weighted by atomic mass is 10.1. The van der Waals surface area contributed by atoms with E-state index in [0.29, 0.717) is 0 Å². The fourth-order valence-corrected chi connectivity index (χ4v) is 0.882. The average molecular weight is 175 g/mol. The lowest BCUT2D eigenvalue weighted by Gasteiger charge is -2.05. The van der Waals surface area contributed by atoms with Crippen molar-refractivity contribution in [2.45, 2.75) is 6.17 Å². The number of hydrogen-bond donors (Lipinski definition) is 1. The third-order valence-corrected chi connectivity index (χ3v) is 1.50. The van der Waals surface area contributed by atoms with E-state index in [1.165, 1.54) is 0 Å². The standard InChI is InChI=1S/C8H8F3N/c9-5-1-2-7(10)6(3-5)8(11)4-12/h1-3,8H,4,12H2. The number of alkyl halides is 1. The van der Waals surface area contributed by atoms with Crippen LogP contribution in [0.25, 0.3) is 0 Å². The van der Waals surface area contributed by atoms with Crippen LogP contribution in [0.1, 0.15) is 11.7 Å². The molecule has 0 aliphatic heterocycles. The van der Waals surface area contributed by atoms with E-state index in [9.17, 15) is 13.2 Å². The summed E-state index contributed by atoms with van der Waals surface area (Å²) in [6.07, 6.45) is -1.64. The molecule has 0 heterocycles. The summed E-state index contributed by atoms with van der Waals surface area (Å²) >= 11 is 0. The number of benzene rings is 1. The first-order valence-electron chi connectivity index (χ1n) is 3.44. The Bertz CT molecular complexity index is 275. The summed E-state index contributed by atoms with van der Waals surface area (Å²) in [6.45, 7) is -0.347. The molecule has 0 aromatic heterocycles. The molecule has 66 valence electrons. The van der Waals surface area contributed by atoms with Gasteiger partial charge in [0.05, 0.1) is 0 Å². The first-order chi connectivity index (χ1) is 5.65. The molecule has 1 rings (SSSR count). The Kier molecular flexibility index (Phi) is 2.70. The van der Waals surface area contributed by atoms with E-state index < -0.39 is 17.8 Å². The predicted molar refractivity (Wildman–Crippen MR) is 39.3 cm³/mol. The van der Waals surface area contributed by atoms with Gasteiger partial charge >= 0.3 is 0 Å². The number of rotatable bonds is 2. The summed E-state index contributed by atoms with van der Waals surface area (Å²) in [5.41, 5.74) is 4.64. The Labute approximate surface area is 68.0 Å². The molecule has 0 aliphatic carbocycles. The van der Waals surface area contributed by atoms with Gasteiger partial charge in [-0.25, -0.2) is 13.2 Å². The molecule has 0 amide bonds. The topological polar surface area (TPSA) is 26.0 Å². The van der Waals surface area contributed by atoms with Gasteiger partial charge in [0, 0.05) is 12.1 Å². The van der Waals surface area contributed by atoms with Crippen LogP contribution in [0.4, 0.5) is 13.2 Å². The molecule has 1 aromatic carbocycles. The zero-order valence-electron chi connectivity index (χ0n) is 6.23. The summed E-state index contributed by atoms with van der Waals surface area (Å²) in [5.74, 6) is -1.43. The third kappa shape index (κ3) is 1.76. The average Bonchev–Trinajstić information content (AvgIpc) is 2.08. The van der Waals surface area contributed by atoms with E-state index in [4.69, 9.17) is 5.73 Å². The van der Waals surface area contributed by atoms with Crippen LogP contribution >= 0.6 is 0 Å². The van der Waals surface area contributed by atoms with E-state index in [1.54, 1.807) is 0 Å². The summed E-state index contributed by atoms with van der Waals surface area (Å²) in [7, 11) is 0. The first-order valence-corrected chi connectivity index (χ1v) is 3.44. The highest BCUT2D eigenvalue weighted by molar-refractivity contribution is 5.21. The van der Waals surface area contributed by atoms with E-state index in [2.05, 4.69) is 0 Å². The quantitative estimate of drug-likeness (QED) is 0.730. The van der Waals surface area contributed by atoms with Crippen LogP contribution in [0, 0.1) is 11.6 Å². The summed E-state index contributed by atoms with van der Waals surface area (Å²) in [6, 6.07) is 2.63. The molecule has 2 N–H and O–H groups in total. The van der Waals surface area contributed by atoms with Crippen LogP contribution in [0.15, 0.2) is 18.2 Å². The largest absolute Gasteiger partial charge is 0.327 e. The molecule has 0 saturated carbocycles. The van der Waals surface area contributed by atoms with E-state index in [1.807, 2.05) is 0 Å². The van der Waals surface area contributed by atoms with Crippen molar-refractivity contribution in [2.24, 2.45) is 5.73 Å². The molecular weight excluding hydrogens is 167 g/mol. The SMILES string of the molecule is NCC(F)c1cc(F)ccc1F. The predicted octanol–water partition coefficient (Wildman–Crippen LogP) is 1.93. The molecule has 12 heavy (non-hydrogen) atoms. The Morgan fingerprint density at radius 3 is 2.58 bits per heavy atom. The third-order valence-electron chi connectivity index (χ3n) is 1.50. The van der Waals surface area contributed by atoms with Crippen molar-refractivity contribution in [3.8, 4) is 0 Å². The van der Waals surface area contributed by atoms with Gasteiger partial charge in [0.15, 0.2) is 0 Å². The second-order valence-electron chi connectivity index (χ2n) is 2.37. The van der Waals surface area contributed by atoms with Crippen LogP contribution < -0.4 is 5.73 Å². The van der Waals surface area contributed by atoms with Crippen LogP contribution in [-0.2, 0) is 0 Å². The Morgan fingerprint density at radius 1 is 1.33 bits per heavy atom. The summed E-state index contributed by atoms with van der Waals surface area (Å²) < 4.78 is 38.0. The van der Waals surface area contributed by atoms with E-state index >= 15 is 0 Å².